The largest absolute Gasteiger partial charge is 0.493 e. The van der Waals surface area contributed by atoms with E-state index in [9.17, 15) is 0 Å². The molecule has 0 unspecified atom stereocenters. The monoisotopic (exact) mass is 299 g/mol. The smallest absolute Gasteiger partial charge is 0.125 e. The maximum Gasteiger partial charge on any atom is 0.125 e. The third-order valence-electron chi connectivity index (χ3n) is 3.12. The highest BCUT2D eigenvalue weighted by atomic mass is 35.5. The zero-order valence-corrected chi connectivity index (χ0v) is 13.3. The van der Waals surface area contributed by atoms with Crippen LogP contribution in [0.25, 0.3) is 0 Å². The van der Waals surface area contributed by atoms with Gasteiger partial charge in [-0.3, -0.25) is 0 Å². The summed E-state index contributed by atoms with van der Waals surface area (Å²) in [7, 11) is 1.70. The summed E-state index contributed by atoms with van der Waals surface area (Å²) in [4.78, 5) is 0. The van der Waals surface area contributed by atoms with Crippen molar-refractivity contribution in [3.05, 3.63) is 28.8 Å². The van der Waals surface area contributed by atoms with Crippen LogP contribution < -0.4 is 10.1 Å². The average Bonchev–Trinajstić information content (AvgIpc) is 2.45. The molecule has 4 heteroatoms. The van der Waals surface area contributed by atoms with Gasteiger partial charge in [-0.05, 0) is 18.6 Å². The summed E-state index contributed by atoms with van der Waals surface area (Å²) in [6.07, 6.45) is 4.82. The minimum Gasteiger partial charge on any atom is -0.493 e. The number of rotatable bonds is 11. The summed E-state index contributed by atoms with van der Waals surface area (Å²) in [6.45, 7) is 5.16. The molecule has 114 valence electrons. The lowest BCUT2D eigenvalue weighted by Crippen LogP contribution is -2.19. The molecule has 0 aliphatic heterocycles. The number of methoxy groups -OCH3 is 1. The summed E-state index contributed by atoms with van der Waals surface area (Å²) < 4.78 is 10.9. The van der Waals surface area contributed by atoms with Crippen LogP contribution in [0.1, 0.15) is 38.2 Å². The van der Waals surface area contributed by atoms with Crippen LogP contribution in [0.4, 0.5) is 0 Å². The highest BCUT2D eigenvalue weighted by molar-refractivity contribution is 6.31. The van der Waals surface area contributed by atoms with Crippen molar-refractivity contribution >= 4 is 11.6 Å². The standard InChI is InChI=1S/C16H26ClNO2/c1-3-4-5-6-11-20-16-9-7-8-15(17)14(16)13-18-10-12-19-2/h7-9,18H,3-6,10-13H2,1-2H3. The van der Waals surface area contributed by atoms with Crippen LogP contribution in [0.2, 0.25) is 5.02 Å². The fraction of sp³-hybridized carbons (Fsp3) is 0.625. The molecule has 0 aliphatic rings. The quantitative estimate of drug-likeness (QED) is 0.626. The Morgan fingerprint density at radius 3 is 2.75 bits per heavy atom. The molecule has 1 aromatic carbocycles. The van der Waals surface area contributed by atoms with Gasteiger partial charge in [-0.25, -0.2) is 0 Å². The molecule has 0 amide bonds. The number of benzene rings is 1. The second-order valence-electron chi connectivity index (χ2n) is 4.80. The predicted octanol–water partition coefficient (Wildman–Crippen LogP) is 4.04. The first kappa shape index (κ1) is 17.3. The van der Waals surface area contributed by atoms with Crippen LogP contribution in [0.3, 0.4) is 0 Å². The molecule has 0 spiro atoms. The second-order valence-corrected chi connectivity index (χ2v) is 5.20. The van der Waals surface area contributed by atoms with Crippen molar-refractivity contribution in [3.8, 4) is 5.75 Å². The number of ether oxygens (including phenoxy) is 2. The minimum absolute atomic E-state index is 0.692. The van der Waals surface area contributed by atoms with E-state index in [4.69, 9.17) is 21.1 Å². The average molecular weight is 300 g/mol. The zero-order valence-electron chi connectivity index (χ0n) is 12.6. The van der Waals surface area contributed by atoms with Gasteiger partial charge < -0.3 is 14.8 Å². The number of halogens is 1. The van der Waals surface area contributed by atoms with Crippen LogP contribution in [0.5, 0.6) is 5.75 Å². The Hall–Kier alpha value is -0.770. The van der Waals surface area contributed by atoms with Crippen molar-refractivity contribution in [2.75, 3.05) is 26.9 Å². The number of nitrogens with one attached hydrogen (secondary N) is 1. The molecule has 1 N–H and O–H groups in total. The molecule has 0 fully saturated rings. The van der Waals surface area contributed by atoms with Crippen molar-refractivity contribution in [2.24, 2.45) is 0 Å². The molecule has 0 heterocycles. The Bertz CT molecular complexity index is 371. The first-order valence-electron chi connectivity index (χ1n) is 7.39. The SMILES string of the molecule is CCCCCCOc1cccc(Cl)c1CNCCOC. The van der Waals surface area contributed by atoms with Gasteiger partial charge in [0.05, 0.1) is 13.2 Å². The second kappa shape index (κ2) is 11.0. The highest BCUT2D eigenvalue weighted by Crippen LogP contribution is 2.26. The highest BCUT2D eigenvalue weighted by Gasteiger charge is 2.07. The van der Waals surface area contributed by atoms with Gasteiger partial charge in [0.15, 0.2) is 0 Å². The van der Waals surface area contributed by atoms with Gasteiger partial charge in [0, 0.05) is 30.8 Å². The maximum absolute atomic E-state index is 6.25. The molecular formula is C16H26ClNO2. The van der Waals surface area contributed by atoms with Gasteiger partial charge in [0.2, 0.25) is 0 Å². The molecular weight excluding hydrogens is 274 g/mol. The topological polar surface area (TPSA) is 30.5 Å². The van der Waals surface area contributed by atoms with Gasteiger partial charge in [0.25, 0.3) is 0 Å². The Kier molecular flexibility index (Phi) is 9.46. The lowest BCUT2D eigenvalue weighted by atomic mass is 10.2. The van der Waals surface area contributed by atoms with Gasteiger partial charge in [-0.2, -0.15) is 0 Å². The minimum atomic E-state index is 0.692. The fourth-order valence-electron chi connectivity index (χ4n) is 1.94. The summed E-state index contributed by atoms with van der Waals surface area (Å²) in [5.74, 6) is 0.888. The van der Waals surface area contributed by atoms with Crippen LogP contribution in [0, 0.1) is 0 Å². The third-order valence-corrected chi connectivity index (χ3v) is 3.47. The van der Waals surface area contributed by atoms with Crippen LogP contribution in [-0.4, -0.2) is 26.9 Å². The summed E-state index contributed by atoms with van der Waals surface area (Å²) in [5, 5.41) is 4.06. The van der Waals surface area contributed by atoms with Crippen LogP contribution >= 0.6 is 11.6 Å². The molecule has 0 aromatic heterocycles. The summed E-state index contributed by atoms with van der Waals surface area (Å²) in [5.41, 5.74) is 1.03. The summed E-state index contributed by atoms with van der Waals surface area (Å²) in [6, 6.07) is 5.82. The van der Waals surface area contributed by atoms with Crippen LogP contribution in [-0.2, 0) is 11.3 Å². The van der Waals surface area contributed by atoms with Gasteiger partial charge in [0.1, 0.15) is 5.75 Å². The summed E-state index contributed by atoms with van der Waals surface area (Å²) >= 11 is 6.25. The van der Waals surface area contributed by atoms with Crippen LogP contribution in [0.15, 0.2) is 18.2 Å². The Labute approximate surface area is 127 Å². The molecule has 1 aromatic rings. The fourth-order valence-corrected chi connectivity index (χ4v) is 2.18. The molecule has 20 heavy (non-hydrogen) atoms. The van der Waals surface area contributed by atoms with E-state index >= 15 is 0 Å². The third kappa shape index (κ3) is 6.60. The number of hydrogen-bond acceptors (Lipinski definition) is 3. The molecule has 0 atom stereocenters. The van der Waals surface area contributed by atoms with E-state index in [1.165, 1.54) is 19.3 Å². The Morgan fingerprint density at radius 2 is 2.00 bits per heavy atom. The molecule has 0 saturated heterocycles. The Morgan fingerprint density at radius 1 is 1.15 bits per heavy atom. The molecule has 0 radical (unpaired) electrons. The number of unbranched alkanes of at least 4 members (excludes halogenated alkanes) is 3. The van der Waals surface area contributed by atoms with E-state index in [0.717, 1.165) is 35.9 Å². The first-order valence-corrected chi connectivity index (χ1v) is 7.77. The molecule has 3 nitrogen and oxygen atoms in total. The van der Waals surface area contributed by atoms with E-state index in [-0.39, 0.29) is 0 Å². The van der Waals surface area contributed by atoms with Crippen molar-refractivity contribution < 1.29 is 9.47 Å². The van der Waals surface area contributed by atoms with Crippen molar-refractivity contribution in [1.29, 1.82) is 0 Å². The molecule has 1 rings (SSSR count). The normalized spacial score (nSPS) is 10.8. The van der Waals surface area contributed by atoms with E-state index in [0.29, 0.717) is 13.2 Å². The molecule has 0 aliphatic carbocycles. The van der Waals surface area contributed by atoms with E-state index in [2.05, 4.69) is 12.2 Å². The molecule has 0 bridgehead atoms. The van der Waals surface area contributed by atoms with Gasteiger partial charge in [-0.1, -0.05) is 43.9 Å². The first-order chi connectivity index (χ1) is 9.79. The lowest BCUT2D eigenvalue weighted by molar-refractivity contribution is 0.199. The van der Waals surface area contributed by atoms with Crippen molar-refractivity contribution in [3.63, 3.8) is 0 Å². The zero-order chi connectivity index (χ0) is 14.6. The van der Waals surface area contributed by atoms with Gasteiger partial charge >= 0.3 is 0 Å². The predicted molar refractivity (Wildman–Crippen MR) is 84.7 cm³/mol. The van der Waals surface area contributed by atoms with E-state index in [1.54, 1.807) is 7.11 Å². The van der Waals surface area contributed by atoms with Crippen molar-refractivity contribution in [1.82, 2.24) is 5.32 Å². The molecule has 0 saturated carbocycles. The lowest BCUT2D eigenvalue weighted by Gasteiger charge is -2.13. The van der Waals surface area contributed by atoms with E-state index in [1.807, 2.05) is 18.2 Å². The maximum atomic E-state index is 6.25. The van der Waals surface area contributed by atoms with E-state index < -0.39 is 0 Å². The Balaban J connectivity index is 2.45. The number of hydrogen-bond donors (Lipinski definition) is 1. The van der Waals surface area contributed by atoms with Crippen molar-refractivity contribution in [2.45, 2.75) is 39.2 Å². The van der Waals surface area contributed by atoms with Gasteiger partial charge in [-0.15, -0.1) is 0 Å².